The van der Waals surface area contributed by atoms with Crippen molar-refractivity contribution in [3.8, 4) is 0 Å². The third kappa shape index (κ3) is 5.33. The van der Waals surface area contributed by atoms with Gasteiger partial charge >= 0.3 is 0 Å². The maximum atomic E-state index is 2.44. The highest BCUT2D eigenvalue weighted by Gasteiger charge is 1.96. The van der Waals surface area contributed by atoms with E-state index < -0.39 is 0 Å². The number of rotatable bonds is 3. The molecule has 0 N–H and O–H groups in total. The molecular formula is C5H9I2. The molecule has 0 amide bonds. The van der Waals surface area contributed by atoms with Gasteiger partial charge in [-0.2, -0.15) is 0 Å². The van der Waals surface area contributed by atoms with Crippen molar-refractivity contribution in [1.82, 2.24) is 0 Å². The Bertz CT molecular complexity index is 37.1. The third-order valence-corrected chi connectivity index (χ3v) is 4.22. The van der Waals surface area contributed by atoms with Crippen LogP contribution in [-0.2, 0) is 0 Å². The van der Waals surface area contributed by atoms with Crippen molar-refractivity contribution < 1.29 is 0 Å². The Labute approximate surface area is 72.7 Å². The van der Waals surface area contributed by atoms with E-state index in [-0.39, 0.29) is 0 Å². The maximum Gasteiger partial charge on any atom is 0.0230 e. The van der Waals surface area contributed by atoms with E-state index in [4.69, 9.17) is 0 Å². The maximum absolute atomic E-state index is 2.44. The molecule has 0 aromatic carbocycles. The van der Waals surface area contributed by atoms with Gasteiger partial charge in [-0.15, -0.1) is 0 Å². The molecule has 0 nitrogen and oxygen atoms in total. The fraction of sp³-hybridized carbons (Fsp3) is 0.800. The average molecular weight is 323 g/mol. The number of hydrogen-bond donors (Lipinski definition) is 0. The van der Waals surface area contributed by atoms with Crippen LogP contribution in [0.1, 0.15) is 13.3 Å². The molecule has 1 atom stereocenters. The van der Waals surface area contributed by atoms with E-state index in [0.29, 0.717) is 0 Å². The minimum atomic E-state index is 0.781. The van der Waals surface area contributed by atoms with Crippen molar-refractivity contribution in [1.29, 1.82) is 0 Å². The molecular weight excluding hydrogens is 314 g/mol. The molecule has 2 heteroatoms. The van der Waals surface area contributed by atoms with Crippen molar-refractivity contribution in [3.05, 3.63) is 6.42 Å². The lowest BCUT2D eigenvalue weighted by atomic mass is 10.3. The van der Waals surface area contributed by atoms with E-state index in [1.807, 2.05) is 0 Å². The molecule has 0 rings (SSSR count). The Kier molecular flexibility index (Phi) is 6.76. The summed E-state index contributed by atoms with van der Waals surface area (Å²) in [7, 11) is 0. The van der Waals surface area contributed by atoms with Gasteiger partial charge in [0.15, 0.2) is 0 Å². The van der Waals surface area contributed by atoms with Gasteiger partial charge in [-0.3, -0.25) is 0 Å². The minimum Gasteiger partial charge on any atom is -0.0852 e. The molecule has 0 heterocycles. The predicted octanol–water partition coefficient (Wildman–Crippen LogP) is 2.84. The highest BCUT2D eigenvalue weighted by atomic mass is 127. The molecule has 0 fully saturated rings. The van der Waals surface area contributed by atoms with E-state index in [2.05, 4.69) is 58.5 Å². The molecule has 0 saturated heterocycles. The summed E-state index contributed by atoms with van der Waals surface area (Å²) in [6.45, 7) is 2.18. The Balaban J connectivity index is 2.83. The lowest BCUT2D eigenvalue weighted by molar-refractivity contribution is 1.02. The average Bonchev–Trinajstić information content (AvgIpc) is 1.68. The molecule has 0 aliphatic heterocycles. The molecule has 0 spiro atoms. The Morgan fingerprint density at radius 3 is 2.43 bits per heavy atom. The van der Waals surface area contributed by atoms with Gasteiger partial charge in [-0.05, 0) is 6.42 Å². The number of halogens is 2. The minimum absolute atomic E-state index is 0.781. The first-order valence-electron chi connectivity index (χ1n) is 2.34. The van der Waals surface area contributed by atoms with Gasteiger partial charge in [0.25, 0.3) is 0 Å². The summed E-state index contributed by atoms with van der Waals surface area (Å²) < 4.78 is 2.02. The summed E-state index contributed by atoms with van der Waals surface area (Å²) in [6, 6.07) is 0. The van der Waals surface area contributed by atoms with E-state index in [1.54, 1.807) is 0 Å². The smallest absolute Gasteiger partial charge is 0.0230 e. The lowest BCUT2D eigenvalue weighted by Crippen LogP contribution is -1.96. The molecule has 0 aromatic rings. The van der Waals surface area contributed by atoms with Crippen molar-refractivity contribution in [2.45, 2.75) is 17.3 Å². The van der Waals surface area contributed by atoms with Gasteiger partial charge in [-0.25, -0.2) is 0 Å². The Morgan fingerprint density at radius 2 is 2.29 bits per heavy atom. The summed E-state index contributed by atoms with van der Waals surface area (Å²) >= 11 is 4.84. The molecule has 1 radical (unpaired) electrons. The summed E-state index contributed by atoms with van der Waals surface area (Å²) in [5.74, 6) is 0. The van der Waals surface area contributed by atoms with E-state index in [1.165, 1.54) is 10.8 Å². The SMILES string of the molecule is CC[CH]C(I)CI. The number of hydrogen-bond acceptors (Lipinski definition) is 0. The summed E-state index contributed by atoms with van der Waals surface area (Å²) in [4.78, 5) is 0. The second-order valence-corrected chi connectivity index (χ2v) is 3.80. The highest BCUT2D eigenvalue weighted by Crippen LogP contribution is 2.09. The fourth-order valence-electron chi connectivity index (χ4n) is 0.319. The van der Waals surface area contributed by atoms with Crippen LogP contribution in [0.2, 0.25) is 0 Å². The van der Waals surface area contributed by atoms with Crippen LogP contribution in [0.4, 0.5) is 0 Å². The zero-order chi connectivity index (χ0) is 5.70. The topological polar surface area (TPSA) is 0 Å². The molecule has 1 unspecified atom stereocenters. The second kappa shape index (κ2) is 5.59. The monoisotopic (exact) mass is 323 g/mol. The molecule has 0 saturated carbocycles. The molecule has 0 aliphatic rings. The summed E-state index contributed by atoms with van der Waals surface area (Å²) in [5, 5.41) is 0. The van der Waals surface area contributed by atoms with E-state index in [9.17, 15) is 0 Å². The summed E-state index contributed by atoms with van der Waals surface area (Å²) in [5.41, 5.74) is 0. The zero-order valence-electron chi connectivity index (χ0n) is 4.32. The Morgan fingerprint density at radius 1 is 1.71 bits per heavy atom. The summed E-state index contributed by atoms with van der Waals surface area (Å²) in [6.07, 6.45) is 3.53. The van der Waals surface area contributed by atoms with Crippen LogP contribution in [0.5, 0.6) is 0 Å². The first kappa shape index (κ1) is 8.46. The van der Waals surface area contributed by atoms with Crippen LogP contribution in [-0.4, -0.2) is 8.35 Å². The number of alkyl halides is 2. The molecule has 0 bridgehead atoms. The quantitative estimate of drug-likeness (QED) is 0.553. The Hall–Kier alpha value is 1.46. The second-order valence-electron chi connectivity index (χ2n) is 1.31. The van der Waals surface area contributed by atoms with E-state index in [0.717, 1.165) is 3.92 Å². The largest absolute Gasteiger partial charge is 0.0852 e. The van der Waals surface area contributed by atoms with Crippen LogP contribution in [0.3, 0.4) is 0 Å². The van der Waals surface area contributed by atoms with Gasteiger partial charge in [0.2, 0.25) is 0 Å². The predicted molar refractivity (Wildman–Crippen MR) is 51.3 cm³/mol. The van der Waals surface area contributed by atoms with Crippen LogP contribution in [0, 0.1) is 6.42 Å². The van der Waals surface area contributed by atoms with Crippen molar-refractivity contribution in [2.24, 2.45) is 0 Å². The molecule has 0 aromatic heterocycles. The standard InChI is InChI=1S/C5H9I2/c1-2-3-5(7)4-6/h3,5H,2,4H2,1H3. The van der Waals surface area contributed by atoms with E-state index >= 15 is 0 Å². The molecule has 7 heavy (non-hydrogen) atoms. The van der Waals surface area contributed by atoms with Gasteiger partial charge in [0.1, 0.15) is 0 Å². The van der Waals surface area contributed by atoms with Crippen LogP contribution in [0.15, 0.2) is 0 Å². The lowest BCUT2D eigenvalue weighted by Gasteiger charge is -1.98. The normalized spacial score (nSPS) is 14.1. The molecule has 0 aliphatic carbocycles. The first-order chi connectivity index (χ1) is 3.31. The highest BCUT2D eigenvalue weighted by molar-refractivity contribution is 14.1. The van der Waals surface area contributed by atoms with Crippen LogP contribution < -0.4 is 0 Å². The fourth-order valence-corrected chi connectivity index (χ4v) is 1.19. The third-order valence-electron chi connectivity index (χ3n) is 0.639. The van der Waals surface area contributed by atoms with Gasteiger partial charge in [0.05, 0.1) is 0 Å². The van der Waals surface area contributed by atoms with Gasteiger partial charge in [0, 0.05) is 8.35 Å². The zero-order valence-corrected chi connectivity index (χ0v) is 8.64. The van der Waals surface area contributed by atoms with Gasteiger partial charge < -0.3 is 0 Å². The van der Waals surface area contributed by atoms with Gasteiger partial charge in [-0.1, -0.05) is 58.5 Å². The van der Waals surface area contributed by atoms with Crippen LogP contribution in [0.25, 0.3) is 0 Å². The van der Waals surface area contributed by atoms with Crippen molar-refractivity contribution >= 4 is 45.2 Å². The first-order valence-corrected chi connectivity index (χ1v) is 5.11. The van der Waals surface area contributed by atoms with Crippen molar-refractivity contribution in [2.75, 3.05) is 4.43 Å². The van der Waals surface area contributed by atoms with Crippen LogP contribution >= 0.6 is 45.2 Å². The van der Waals surface area contributed by atoms with Crippen molar-refractivity contribution in [3.63, 3.8) is 0 Å². The molecule has 43 valence electrons.